The standard InChI is InChI=1S/C20H24N2O2.ClH/c1-24-18-6-4-5-17(13-18)16-9-7-15(8-10-16)14-22-19(23)20(21)11-2-3-12-20;/h4-10,13H,2-3,11-12,14,21H2,1H3,(H,22,23);1H. The fourth-order valence-corrected chi connectivity index (χ4v) is 3.21. The number of hydrogen-bond donors (Lipinski definition) is 2. The van der Waals surface area contributed by atoms with E-state index in [2.05, 4.69) is 23.5 Å². The van der Waals surface area contributed by atoms with E-state index in [1.165, 1.54) is 0 Å². The molecule has 0 aliphatic heterocycles. The van der Waals surface area contributed by atoms with Crippen LogP contribution in [0.1, 0.15) is 31.2 Å². The molecule has 25 heavy (non-hydrogen) atoms. The molecule has 4 nitrogen and oxygen atoms in total. The molecule has 1 aliphatic carbocycles. The zero-order chi connectivity index (χ0) is 17.0. The monoisotopic (exact) mass is 360 g/mol. The van der Waals surface area contributed by atoms with Gasteiger partial charge >= 0.3 is 0 Å². The molecule has 0 heterocycles. The van der Waals surface area contributed by atoms with E-state index in [4.69, 9.17) is 10.5 Å². The lowest BCUT2D eigenvalue weighted by Crippen LogP contribution is -2.51. The zero-order valence-corrected chi connectivity index (χ0v) is 15.3. The predicted octanol–water partition coefficient (Wildman–Crippen LogP) is 3.67. The summed E-state index contributed by atoms with van der Waals surface area (Å²) >= 11 is 0. The molecule has 0 saturated heterocycles. The highest BCUT2D eigenvalue weighted by molar-refractivity contribution is 5.86. The molecule has 0 bridgehead atoms. The molecule has 134 valence electrons. The summed E-state index contributed by atoms with van der Waals surface area (Å²) in [6.45, 7) is 0.510. The van der Waals surface area contributed by atoms with E-state index in [0.29, 0.717) is 6.54 Å². The number of amides is 1. The van der Waals surface area contributed by atoms with Crippen molar-refractivity contribution in [3.63, 3.8) is 0 Å². The van der Waals surface area contributed by atoms with E-state index in [0.717, 1.165) is 48.1 Å². The van der Waals surface area contributed by atoms with Crippen LogP contribution in [-0.4, -0.2) is 18.6 Å². The minimum Gasteiger partial charge on any atom is -0.497 e. The maximum Gasteiger partial charge on any atom is 0.240 e. The van der Waals surface area contributed by atoms with Crippen LogP contribution >= 0.6 is 12.4 Å². The summed E-state index contributed by atoms with van der Waals surface area (Å²) in [6.07, 6.45) is 3.65. The number of carbonyl (C=O) groups excluding carboxylic acids is 1. The van der Waals surface area contributed by atoms with E-state index in [1.807, 2.05) is 30.3 Å². The Hall–Kier alpha value is -2.04. The molecule has 3 rings (SSSR count). The Labute approximate surface area is 155 Å². The number of methoxy groups -OCH3 is 1. The molecule has 1 amide bonds. The third-order valence-corrected chi connectivity index (χ3v) is 4.76. The van der Waals surface area contributed by atoms with Gasteiger partial charge < -0.3 is 15.8 Å². The Bertz CT molecular complexity index is 710. The van der Waals surface area contributed by atoms with Crippen molar-refractivity contribution in [2.45, 2.75) is 37.8 Å². The summed E-state index contributed by atoms with van der Waals surface area (Å²) in [5, 5.41) is 2.97. The van der Waals surface area contributed by atoms with Crippen LogP contribution in [0.2, 0.25) is 0 Å². The maximum absolute atomic E-state index is 12.2. The zero-order valence-electron chi connectivity index (χ0n) is 14.5. The summed E-state index contributed by atoms with van der Waals surface area (Å²) in [6, 6.07) is 16.2. The van der Waals surface area contributed by atoms with Crippen LogP contribution in [0.15, 0.2) is 48.5 Å². The van der Waals surface area contributed by atoms with E-state index in [-0.39, 0.29) is 18.3 Å². The topological polar surface area (TPSA) is 64.3 Å². The van der Waals surface area contributed by atoms with Crippen LogP contribution in [0, 0.1) is 0 Å². The van der Waals surface area contributed by atoms with E-state index in [9.17, 15) is 4.79 Å². The van der Waals surface area contributed by atoms with Crippen molar-refractivity contribution in [2.24, 2.45) is 5.73 Å². The van der Waals surface area contributed by atoms with Crippen LogP contribution in [0.4, 0.5) is 0 Å². The van der Waals surface area contributed by atoms with Crippen molar-refractivity contribution in [3.8, 4) is 16.9 Å². The number of rotatable bonds is 5. The van der Waals surface area contributed by atoms with Crippen molar-refractivity contribution in [3.05, 3.63) is 54.1 Å². The Morgan fingerprint density at radius 1 is 1.12 bits per heavy atom. The van der Waals surface area contributed by atoms with Crippen molar-refractivity contribution < 1.29 is 9.53 Å². The van der Waals surface area contributed by atoms with Gasteiger partial charge in [0.1, 0.15) is 5.75 Å². The average molecular weight is 361 g/mol. The molecular weight excluding hydrogens is 336 g/mol. The highest BCUT2D eigenvalue weighted by Gasteiger charge is 2.36. The minimum atomic E-state index is -0.666. The van der Waals surface area contributed by atoms with E-state index < -0.39 is 5.54 Å². The summed E-state index contributed by atoms with van der Waals surface area (Å²) in [5.74, 6) is 0.811. The normalized spacial score (nSPS) is 15.3. The first-order valence-electron chi connectivity index (χ1n) is 8.41. The largest absolute Gasteiger partial charge is 0.497 e. The smallest absolute Gasteiger partial charge is 0.240 e. The van der Waals surface area contributed by atoms with Gasteiger partial charge in [-0.1, -0.05) is 49.2 Å². The van der Waals surface area contributed by atoms with Crippen LogP contribution in [0.5, 0.6) is 5.75 Å². The van der Waals surface area contributed by atoms with Crippen LogP contribution < -0.4 is 15.8 Å². The first-order chi connectivity index (χ1) is 11.6. The van der Waals surface area contributed by atoms with Crippen molar-refractivity contribution in [1.82, 2.24) is 5.32 Å². The lowest BCUT2D eigenvalue weighted by molar-refractivity contribution is -0.126. The average Bonchev–Trinajstić information content (AvgIpc) is 3.08. The number of halogens is 1. The molecule has 1 aliphatic rings. The molecule has 2 aromatic rings. The third-order valence-electron chi connectivity index (χ3n) is 4.76. The molecular formula is C20H25ClN2O2. The number of ether oxygens (including phenoxy) is 1. The Balaban J connectivity index is 0.00000225. The van der Waals surface area contributed by atoms with Gasteiger partial charge in [-0.25, -0.2) is 0 Å². The summed E-state index contributed by atoms with van der Waals surface area (Å²) in [5.41, 5.74) is 8.80. The van der Waals surface area contributed by atoms with Gasteiger partial charge in [-0.2, -0.15) is 0 Å². The molecule has 2 aromatic carbocycles. The Kier molecular flexibility index (Phi) is 6.45. The lowest BCUT2D eigenvalue weighted by Gasteiger charge is -2.22. The second-order valence-corrected chi connectivity index (χ2v) is 6.47. The molecule has 0 atom stereocenters. The van der Waals surface area contributed by atoms with Crippen molar-refractivity contribution in [1.29, 1.82) is 0 Å². The molecule has 5 heteroatoms. The molecule has 3 N–H and O–H groups in total. The number of carbonyl (C=O) groups is 1. The van der Waals surface area contributed by atoms with Crippen molar-refractivity contribution in [2.75, 3.05) is 7.11 Å². The quantitative estimate of drug-likeness (QED) is 0.855. The molecule has 1 fully saturated rings. The predicted molar refractivity (Wildman–Crippen MR) is 103 cm³/mol. The summed E-state index contributed by atoms with van der Waals surface area (Å²) < 4.78 is 5.26. The molecule has 0 radical (unpaired) electrons. The molecule has 0 unspecified atom stereocenters. The maximum atomic E-state index is 12.2. The van der Waals surface area contributed by atoms with E-state index in [1.54, 1.807) is 7.11 Å². The van der Waals surface area contributed by atoms with Crippen LogP contribution in [0.3, 0.4) is 0 Å². The first kappa shape index (κ1) is 19.3. The molecule has 1 saturated carbocycles. The van der Waals surface area contributed by atoms with Gasteiger partial charge in [0.15, 0.2) is 0 Å². The Morgan fingerprint density at radius 2 is 1.80 bits per heavy atom. The number of nitrogens with two attached hydrogens (primary N) is 1. The van der Waals surface area contributed by atoms with Crippen LogP contribution in [-0.2, 0) is 11.3 Å². The highest BCUT2D eigenvalue weighted by atomic mass is 35.5. The van der Waals surface area contributed by atoms with Gasteiger partial charge in [0.2, 0.25) is 5.91 Å². The van der Waals surface area contributed by atoms with Crippen molar-refractivity contribution >= 4 is 18.3 Å². The fourth-order valence-electron chi connectivity index (χ4n) is 3.21. The second-order valence-electron chi connectivity index (χ2n) is 6.47. The lowest BCUT2D eigenvalue weighted by atomic mass is 9.98. The number of hydrogen-bond acceptors (Lipinski definition) is 3. The summed E-state index contributed by atoms with van der Waals surface area (Å²) in [4.78, 5) is 12.2. The second kappa shape index (κ2) is 8.37. The molecule has 0 spiro atoms. The van der Waals surface area contributed by atoms with Gasteiger partial charge in [0.05, 0.1) is 12.6 Å². The van der Waals surface area contributed by atoms with Gasteiger partial charge in [-0.3, -0.25) is 4.79 Å². The SMILES string of the molecule is COc1cccc(-c2ccc(CNC(=O)C3(N)CCCC3)cc2)c1.Cl. The number of benzene rings is 2. The van der Waals surface area contributed by atoms with Gasteiger partial charge in [0, 0.05) is 6.54 Å². The van der Waals surface area contributed by atoms with Gasteiger partial charge in [0.25, 0.3) is 0 Å². The third kappa shape index (κ3) is 4.53. The first-order valence-corrected chi connectivity index (χ1v) is 8.41. The van der Waals surface area contributed by atoms with E-state index >= 15 is 0 Å². The Morgan fingerprint density at radius 3 is 2.44 bits per heavy atom. The minimum absolute atomic E-state index is 0. The summed E-state index contributed by atoms with van der Waals surface area (Å²) in [7, 11) is 1.67. The van der Waals surface area contributed by atoms with Gasteiger partial charge in [-0.05, 0) is 41.7 Å². The molecule has 0 aromatic heterocycles. The fraction of sp³-hybridized carbons (Fsp3) is 0.350. The van der Waals surface area contributed by atoms with Gasteiger partial charge in [-0.15, -0.1) is 12.4 Å². The van der Waals surface area contributed by atoms with Crippen LogP contribution in [0.25, 0.3) is 11.1 Å². The number of nitrogens with one attached hydrogen (secondary N) is 1. The highest BCUT2D eigenvalue weighted by Crippen LogP contribution is 2.27.